The summed E-state index contributed by atoms with van der Waals surface area (Å²) in [4.78, 5) is 79.9. The maximum absolute atomic E-state index is 14.8. The molecule has 1 saturated heterocycles. The molecule has 17 heteroatoms. The number of hydrogen-bond donors (Lipinski definition) is 4. The molecule has 1 aromatic carbocycles. The highest BCUT2D eigenvalue weighted by Gasteiger charge is 2.47. The number of amides is 4. The summed E-state index contributed by atoms with van der Waals surface area (Å²) >= 11 is 6.03. The number of nitrogens with one attached hydrogen (secondary N) is 4. The minimum atomic E-state index is -3.87. The lowest BCUT2D eigenvalue weighted by atomic mass is 9.82. The first-order valence-electron chi connectivity index (χ1n) is 19.8. The van der Waals surface area contributed by atoms with Gasteiger partial charge in [0.2, 0.25) is 29.4 Å². The van der Waals surface area contributed by atoms with Crippen molar-refractivity contribution in [2.75, 3.05) is 6.54 Å². The third-order valence-electron chi connectivity index (χ3n) is 10.9. The SMILES string of the molecule is CCCC(NC(=O)[C@H]1C[C@H](Oc2ccc(Cl)cn2)CN1C(=O)[C@H](NC(=O)[C@@H](N=C1NS(=O)(=O)c2ccccc21)C1CCCCC1)C(C)(C)C)C(=O)C(=O)NC1CC1. The number of ketones is 1. The summed E-state index contributed by atoms with van der Waals surface area (Å²) in [6, 6.07) is 5.15. The van der Waals surface area contributed by atoms with E-state index in [4.69, 9.17) is 21.3 Å². The zero-order valence-electron chi connectivity index (χ0n) is 32.8. The Morgan fingerprint density at radius 2 is 1.74 bits per heavy atom. The zero-order chi connectivity index (χ0) is 41.1. The van der Waals surface area contributed by atoms with Crippen LogP contribution in [0.15, 0.2) is 52.5 Å². The van der Waals surface area contributed by atoms with Gasteiger partial charge in [0.05, 0.1) is 22.5 Å². The van der Waals surface area contributed by atoms with Crippen molar-refractivity contribution in [3.8, 4) is 5.88 Å². The molecule has 0 bridgehead atoms. The van der Waals surface area contributed by atoms with Crippen LogP contribution in [0.4, 0.5) is 0 Å². The molecule has 2 aromatic rings. The van der Waals surface area contributed by atoms with Gasteiger partial charge in [-0.1, -0.05) is 77.1 Å². The Hall–Kier alpha value is -4.57. The predicted molar refractivity (Wildman–Crippen MR) is 212 cm³/mol. The van der Waals surface area contributed by atoms with Gasteiger partial charge >= 0.3 is 0 Å². The fourth-order valence-corrected chi connectivity index (χ4v) is 9.04. The number of carbonyl (C=O) groups excluding carboxylic acids is 5. The van der Waals surface area contributed by atoms with Gasteiger partial charge in [-0.25, -0.2) is 13.4 Å². The normalized spacial score (nSPS) is 22.8. The van der Waals surface area contributed by atoms with Crippen LogP contribution < -0.4 is 25.4 Å². The molecule has 5 atom stereocenters. The first kappa shape index (κ1) is 42.0. The van der Waals surface area contributed by atoms with E-state index in [1.54, 1.807) is 51.1 Å². The highest BCUT2D eigenvalue weighted by Crippen LogP contribution is 2.32. The lowest BCUT2D eigenvalue weighted by molar-refractivity contribution is -0.145. The number of amidine groups is 1. The van der Waals surface area contributed by atoms with Crippen LogP contribution in [-0.2, 0) is 34.0 Å². The van der Waals surface area contributed by atoms with E-state index in [0.717, 1.165) is 32.1 Å². The second-order valence-corrected chi connectivity index (χ2v) is 18.6. The molecule has 2 aliphatic carbocycles. The molecular formula is C40H52ClN7O8S. The third kappa shape index (κ3) is 10.1. The number of halogens is 1. The monoisotopic (exact) mass is 825 g/mol. The van der Waals surface area contributed by atoms with Crippen molar-refractivity contribution in [3.63, 3.8) is 0 Å². The van der Waals surface area contributed by atoms with Crippen LogP contribution in [0, 0.1) is 11.3 Å². The largest absolute Gasteiger partial charge is 0.472 e. The first-order valence-corrected chi connectivity index (χ1v) is 21.7. The molecule has 1 unspecified atom stereocenters. The summed E-state index contributed by atoms with van der Waals surface area (Å²) in [6.45, 7) is 7.17. The number of ether oxygens (including phenoxy) is 1. The second-order valence-electron chi connectivity index (χ2n) is 16.5. The van der Waals surface area contributed by atoms with E-state index < -0.39 is 75.1 Å². The van der Waals surface area contributed by atoms with E-state index in [2.05, 4.69) is 25.7 Å². The summed E-state index contributed by atoms with van der Waals surface area (Å²) < 4.78 is 34.6. The average molecular weight is 826 g/mol. The molecule has 4 amide bonds. The summed E-state index contributed by atoms with van der Waals surface area (Å²) in [5, 5.41) is 8.82. The maximum Gasteiger partial charge on any atom is 0.289 e. The number of likely N-dealkylation sites (tertiary alicyclic amines) is 1. The van der Waals surface area contributed by atoms with Crippen LogP contribution in [0.25, 0.3) is 0 Å². The second kappa shape index (κ2) is 17.5. The predicted octanol–water partition coefficient (Wildman–Crippen LogP) is 3.43. The number of benzene rings is 1. The first-order chi connectivity index (χ1) is 27.0. The average Bonchev–Trinajstić information content (AvgIpc) is 3.83. The van der Waals surface area contributed by atoms with Crippen molar-refractivity contribution in [3.05, 3.63) is 53.2 Å². The Labute approximate surface area is 338 Å². The Morgan fingerprint density at radius 3 is 2.39 bits per heavy atom. The van der Waals surface area contributed by atoms with Crippen LogP contribution in [0.1, 0.15) is 97.5 Å². The number of pyridine rings is 1. The molecular weight excluding hydrogens is 774 g/mol. The third-order valence-corrected chi connectivity index (χ3v) is 12.5. The summed E-state index contributed by atoms with van der Waals surface area (Å²) in [5.41, 5.74) is -0.510. The lowest BCUT2D eigenvalue weighted by Crippen LogP contribution is -2.60. The van der Waals surface area contributed by atoms with E-state index in [-0.39, 0.29) is 48.0 Å². The Kier molecular flexibility index (Phi) is 12.9. The Balaban J connectivity index is 1.28. The van der Waals surface area contributed by atoms with E-state index in [1.165, 1.54) is 17.2 Å². The number of hydrogen-bond acceptors (Lipinski definition) is 10. The van der Waals surface area contributed by atoms with Crippen molar-refractivity contribution in [1.82, 2.24) is 30.6 Å². The van der Waals surface area contributed by atoms with Crippen molar-refractivity contribution < 1.29 is 37.1 Å². The summed E-state index contributed by atoms with van der Waals surface area (Å²) in [7, 11) is -3.87. The molecule has 1 aromatic heterocycles. The van der Waals surface area contributed by atoms with Gasteiger partial charge in [0, 0.05) is 30.3 Å². The topological polar surface area (TPSA) is 205 Å². The molecule has 15 nitrogen and oxygen atoms in total. The maximum atomic E-state index is 14.8. The number of Topliss-reactive ketones (excluding diaryl/α,β-unsaturated/α-hetero) is 1. The van der Waals surface area contributed by atoms with Crippen molar-refractivity contribution in [2.45, 2.75) is 133 Å². The van der Waals surface area contributed by atoms with Gasteiger partial charge in [-0.2, -0.15) is 0 Å². The standard InChI is InChI=1S/C40H52ClN7O8S/c1-5-11-28(33(49)38(52)43-25-17-18-25)44-36(50)29-20-26(56-31-19-16-24(41)21-42-31)22-48(29)39(53)34(40(2,3)4)46-37(51)32(23-12-7-6-8-13-23)45-35-27-14-9-10-15-30(27)57(54,55)47-35/h9-10,14-16,19,21,23,25-26,28-29,32,34H,5-8,11-13,17-18,20,22H2,1-4H3,(H,43,52)(H,44,50)(H,45,47)(H,46,51)/t26-,28?,29+,32-,34-/m0/s1. The number of fused-ring (bicyclic) bond motifs is 1. The molecule has 57 heavy (non-hydrogen) atoms. The fourth-order valence-electron chi connectivity index (χ4n) is 7.68. The molecule has 0 radical (unpaired) electrons. The van der Waals surface area contributed by atoms with Gasteiger partial charge in [-0.15, -0.1) is 0 Å². The molecule has 6 rings (SSSR count). The molecule has 4 N–H and O–H groups in total. The smallest absolute Gasteiger partial charge is 0.289 e. The highest BCUT2D eigenvalue weighted by atomic mass is 35.5. The number of aromatic nitrogens is 1. The quantitative estimate of drug-likeness (QED) is 0.206. The fraction of sp³-hybridized carbons (Fsp3) is 0.575. The minimum Gasteiger partial charge on any atom is -0.472 e. The van der Waals surface area contributed by atoms with Crippen LogP contribution in [-0.4, -0.2) is 96.4 Å². The molecule has 2 aliphatic heterocycles. The Bertz CT molecular complexity index is 1990. The van der Waals surface area contributed by atoms with E-state index in [1.807, 2.05) is 6.92 Å². The molecule has 308 valence electrons. The van der Waals surface area contributed by atoms with Gasteiger partial charge in [-0.3, -0.25) is 33.7 Å². The van der Waals surface area contributed by atoms with Gasteiger partial charge in [0.25, 0.3) is 15.9 Å². The van der Waals surface area contributed by atoms with Crippen LogP contribution in [0.5, 0.6) is 5.88 Å². The van der Waals surface area contributed by atoms with Crippen molar-refractivity contribution >= 4 is 56.9 Å². The highest BCUT2D eigenvalue weighted by molar-refractivity contribution is 7.90. The van der Waals surface area contributed by atoms with E-state index in [9.17, 15) is 32.4 Å². The van der Waals surface area contributed by atoms with E-state index >= 15 is 0 Å². The van der Waals surface area contributed by atoms with Crippen LogP contribution in [0.2, 0.25) is 5.02 Å². The van der Waals surface area contributed by atoms with Crippen LogP contribution >= 0.6 is 11.6 Å². The van der Waals surface area contributed by atoms with Gasteiger partial charge in [-0.05, 0) is 61.6 Å². The summed E-state index contributed by atoms with van der Waals surface area (Å²) in [5.74, 6) is -3.16. The molecule has 3 fully saturated rings. The van der Waals surface area contributed by atoms with Crippen molar-refractivity contribution in [1.29, 1.82) is 0 Å². The number of rotatable bonds is 14. The number of carbonyl (C=O) groups is 5. The number of nitrogens with zero attached hydrogens (tertiary/aromatic N) is 3. The van der Waals surface area contributed by atoms with Gasteiger partial charge in [0.15, 0.2) is 0 Å². The van der Waals surface area contributed by atoms with Gasteiger partial charge < -0.3 is 25.6 Å². The summed E-state index contributed by atoms with van der Waals surface area (Å²) in [6.07, 6.45) is 7.19. The van der Waals surface area contributed by atoms with Gasteiger partial charge in [0.1, 0.15) is 30.1 Å². The minimum absolute atomic E-state index is 0.0336. The molecule has 3 heterocycles. The van der Waals surface area contributed by atoms with E-state index in [0.29, 0.717) is 29.8 Å². The number of sulfonamides is 1. The van der Waals surface area contributed by atoms with Crippen LogP contribution in [0.3, 0.4) is 0 Å². The number of aliphatic imine (C=N–C) groups is 1. The Morgan fingerprint density at radius 1 is 1.02 bits per heavy atom. The molecule has 2 saturated carbocycles. The molecule has 0 spiro atoms. The van der Waals surface area contributed by atoms with Crippen molar-refractivity contribution in [2.24, 2.45) is 16.3 Å². The zero-order valence-corrected chi connectivity index (χ0v) is 34.3. The lowest BCUT2D eigenvalue weighted by Gasteiger charge is -2.37. The molecule has 4 aliphatic rings.